The molecular formula is C11H22N2O2. The van der Waals surface area contributed by atoms with E-state index in [1.54, 1.807) is 0 Å². The topological polar surface area (TPSA) is 41.6 Å². The molecule has 0 aliphatic heterocycles. The Morgan fingerprint density at radius 2 is 2.00 bits per heavy atom. The van der Waals surface area contributed by atoms with E-state index in [4.69, 9.17) is 4.74 Å². The lowest BCUT2D eigenvalue weighted by atomic mass is 9.96. The molecule has 0 aromatic heterocycles. The monoisotopic (exact) mass is 214 g/mol. The summed E-state index contributed by atoms with van der Waals surface area (Å²) in [7, 11) is 5.72. The Balaban J connectivity index is 2.42. The number of hydrogen-bond donors (Lipinski definition) is 1. The minimum atomic E-state index is -0.0226. The Morgan fingerprint density at radius 1 is 1.40 bits per heavy atom. The van der Waals surface area contributed by atoms with Crippen molar-refractivity contribution in [2.45, 2.75) is 31.2 Å². The van der Waals surface area contributed by atoms with Crippen molar-refractivity contribution in [3.63, 3.8) is 0 Å². The molecule has 0 radical (unpaired) electrons. The van der Waals surface area contributed by atoms with Crippen LogP contribution in [0.4, 0.5) is 0 Å². The van der Waals surface area contributed by atoms with Crippen molar-refractivity contribution >= 4 is 5.91 Å². The van der Waals surface area contributed by atoms with Crippen LogP contribution in [0.25, 0.3) is 0 Å². The zero-order valence-corrected chi connectivity index (χ0v) is 10.0. The van der Waals surface area contributed by atoms with Gasteiger partial charge in [-0.15, -0.1) is 0 Å². The summed E-state index contributed by atoms with van der Waals surface area (Å²) in [6.45, 7) is 0.895. The largest absolute Gasteiger partial charge is 0.375 e. The highest BCUT2D eigenvalue weighted by Crippen LogP contribution is 2.32. The number of nitrogens with zero attached hydrogens (tertiary/aromatic N) is 1. The van der Waals surface area contributed by atoms with Crippen molar-refractivity contribution in [1.29, 1.82) is 0 Å². The number of amides is 1. The summed E-state index contributed by atoms with van der Waals surface area (Å²) in [4.78, 5) is 13.6. The fourth-order valence-corrected chi connectivity index (χ4v) is 2.26. The Bertz CT molecular complexity index is 211. The molecule has 1 saturated carbocycles. The quantitative estimate of drug-likeness (QED) is 0.729. The van der Waals surface area contributed by atoms with Gasteiger partial charge in [0.2, 0.25) is 5.91 Å². The minimum Gasteiger partial charge on any atom is -0.375 e. The van der Waals surface area contributed by atoms with Gasteiger partial charge in [-0.2, -0.15) is 0 Å². The fourth-order valence-electron chi connectivity index (χ4n) is 2.26. The van der Waals surface area contributed by atoms with Gasteiger partial charge in [-0.25, -0.2) is 0 Å². The molecule has 88 valence electrons. The molecule has 0 saturated heterocycles. The molecule has 4 nitrogen and oxygen atoms in total. The molecule has 1 aliphatic rings. The first-order chi connectivity index (χ1) is 7.10. The first-order valence-corrected chi connectivity index (χ1v) is 5.54. The average Bonchev–Trinajstić information content (AvgIpc) is 2.65. The second-order valence-corrected chi connectivity index (χ2v) is 4.54. The van der Waals surface area contributed by atoms with Gasteiger partial charge in [-0.05, 0) is 26.9 Å². The Kier molecular flexibility index (Phi) is 4.54. The maximum Gasteiger partial charge on any atom is 0.246 e. The van der Waals surface area contributed by atoms with Gasteiger partial charge in [0.25, 0.3) is 0 Å². The summed E-state index contributed by atoms with van der Waals surface area (Å²) in [6.07, 6.45) is 4.87. The number of hydrogen-bond acceptors (Lipinski definition) is 3. The summed E-state index contributed by atoms with van der Waals surface area (Å²) in [6, 6.07) is 0. The first kappa shape index (κ1) is 12.5. The third-order valence-corrected chi connectivity index (χ3v) is 3.37. The van der Waals surface area contributed by atoms with Crippen molar-refractivity contribution in [1.82, 2.24) is 10.2 Å². The number of ether oxygens (including phenoxy) is 1. The number of methoxy groups -OCH3 is 1. The number of rotatable bonds is 5. The second-order valence-electron chi connectivity index (χ2n) is 4.54. The van der Waals surface area contributed by atoms with Crippen LogP contribution in [0.2, 0.25) is 0 Å². The molecule has 0 heterocycles. The van der Waals surface area contributed by atoms with Gasteiger partial charge >= 0.3 is 0 Å². The van der Waals surface area contributed by atoms with Gasteiger partial charge < -0.3 is 15.0 Å². The van der Waals surface area contributed by atoms with Crippen LogP contribution < -0.4 is 5.32 Å². The van der Waals surface area contributed by atoms with E-state index < -0.39 is 0 Å². The molecule has 0 aromatic carbocycles. The Morgan fingerprint density at radius 3 is 2.47 bits per heavy atom. The predicted octanol–water partition coefficient (Wildman–Crippen LogP) is 0.623. The van der Waals surface area contributed by atoms with Crippen LogP contribution in [0.5, 0.6) is 0 Å². The molecule has 0 unspecified atom stereocenters. The molecule has 1 fully saturated rings. The smallest absolute Gasteiger partial charge is 0.246 e. The molecule has 4 heteroatoms. The van der Waals surface area contributed by atoms with Crippen LogP contribution in [0.1, 0.15) is 25.7 Å². The lowest BCUT2D eigenvalue weighted by Crippen LogP contribution is -2.51. The normalized spacial score (nSPS) is 19.5. The summed E-state index contributed by atoms with van der Waals surface area (Å²) in [5, 5.41) is 2.94. The molecule has 0 bridgehead atoms. The summed E-state index contributed by atoms with van der Waals surface area (Å²) < 4.78 is 4.79. The maximum absolute atomic E-state index is 11.3. The predicted molar refractivity (Wildman–Crippen MR) is 59.8 cm³/mol. The van der Waals surface area contributed by atoms with Crippen LogP contribution in [0.3, 0.4) is 0 Å². The van der Waals surface area contributed by atoms with Crippen molar-refractivity contribution in [3.05, 3.63) is 0 Å². The highest BCUT2D eigenvalue weighted by Gasteiger charge is 2.35. The van der Waals surface area contributed by atoms with Gasteiger partial charge in [0, 0.05) is 19.2 Å². The standard InChI is InChI=1S/C11H22N2O2/c1-13(2)11(6-4-5-7-11)9-12-10(14)8-15-3/h4-9H2,1-3H3,(H,12,14). The van der Waals surface area contributed by atoms with Crippen LogP contribution in [-0.2, 0) is 9.53 Å². The van der Waals surface area contributed by atoms with Gasteiger partial charge in [-0.1, -0.05) is 12.8 Å². The second kappa shape index (κ2) is 5.47. The number of nitrogens with one attached hydrogen (secondary N) is 1. The molecule has 15 heavy (non-hydrogen) atoms. The van der Waals surface area contributed by atoms with Crippen molar-refractivity contribution in [2.24, 2.45) is 0 Å². The van der Waals surface area contributed by atoms with Gasteiger partial charge in [0.1, 0.15) is 6.61 Å². The van der Waals surface area contributed by atoms with E-state index >= 15 is 0 Å². The van der Waals surface area contributed by atoms with E-state index in [0.717, 1.165) is 6.54 Å². The van der Waals surface area contributed by atoms with Crippen LogP contribution in [-0.4, -0.2) is 50.7 Å². The third kappa shape index (κ3) is 3.18. The summed E-state index contributed by atoms with van der Waals surface area (Å²) in [5.74, 6) is -0.0226. The zero-order chi connectivity index (χ0) is 11.3. The van der Waals surface area contributed by atoms with Gasteiger partial charge in [0.15, 0.2) is 0 Å². The van der Waals surface area contributed by atoms with E-state index in [-0.39, 0.29) is 18.1 Å². The third-order valence-electron chi connectivity index (χ3n) is 3.37. The zero-order valence-electron chi connectivity index (χ0n) is 10.0. The average molecular weight is 214 g/mol. The maximum atomic E-state index is 11.3. The molecular weight excluding hydrogens is 192 g/mol. The number of carbonyl (C=O) groups is 1. The van der Waals surface area contributed by atoms with E-state index in [1.165, 1.54) is 32.8 Å². The van der Waals surface area contributed by atoms with E-state index in [2.05, 4.69) is 24.3 Å². The number of likely N-dealkylation sites (N-methyl/N-ethyl adjacent to an activating group) is 1. The van der Waals surface area contributed by atoms with Crippen molar-refractivity contribution in [2.75, 3.05) is 34.4 Å². The molecule has 1 aliphatic carbocycles. The fraction of sp³-hybridized carbons (Fsp3) is 0.909. The molecule has 0 spiro atoms. The van der Waals surface area contributed by atoms with Gasteiger partial charge in [-0.3, -0.25) is 4.79 Å². The minimum absolute atomic E-state index is 0.0226. The van der Waals surface area contributed by atoms with Crippen LogP contribution in [0.15, 0.2) is 0 Å². The molecule has 1 N–H and O–H groups in total. The van der Waals surface area contributed by atoms with E-state index in [1.807, 2.05) is 0 Å². The van der Waals surface area contributed by atoms with Gasteiger partial charge in [0.05, 0.1) is 0 Å². The highest BCUT2D eigenvalue weighted by molar-refractivity contribution is 5.77. The van der Waals surface area contributed by atoms with Crippen LogP contribution in [0, 0.1) is 0 Å². The molecule has 1 rings (SSSR count). The number of carbonyl (C=O) groups excluding carboxylic acids is 1. The lowest BCUT2D eigenvalue weighted by molar-refractivity contribution is -0.125. The first-order valence-electron chi connectivity index (χ1n) is 5.54. The van der Waals surface area contributed by atoms with Crippen molar-refractivity contribution < 1.29 is 9.53 Å². The van der Waals surface area contributed by atoms with Crippen LogP contribution >= 0.6 is 0 Å². The summed E-state index contributed by atoms with van der Waals surface area (Å²) in [5.41, 5.74) is 0.170. The Labute approximate surface area is 92.0 Å². The molecule has 0 aromatic rings. The van der Waals surface area contributed by atoms with Crippen molar-refractivity contribution in [3.8, 4) is 0 Å². The lowest BCUT2D eigenvalue weighted by Gasteiger charge is -2.36. The highest BCUT2D eigenvalue weighted by atomic mass is 16.5. The SMILES string of the molecule is COCC(=O)NCC1(N(C)C)CCCC1. The summed E-state index contributed by atoms with van der Waals surface area (Å²) >= 11 is 0. The Hall–Kier alpha value is -0.610. The van der Waals surface area contributed by atoms with E-state index in [9.17, 15) is 4.79 Å². The molecule has 1 amide bonds. The van der Waals surface area contributed by atoms with E-state index in [0.29, 0.717) is 0 Å². The molecule has 0 atom stereocenters.